The summed E-state index contributed by atoms with van der Waals surface area (Å²) in [6.45, 7) is 3.92. The number of hydrogen-bond acceptors (Lipinski definition) is 3. The van der Waals surface area contributed by atoms with Crippen molar-refractivity contribution in [2.75, 3.05) is 5.32 Å². The van der Waals surface area contributed by atoms with Crippen molar-refractivity contribution in [1.82, 2.24) is 0 Å². The highest BCUT2D eigenvalue weighted by molar-refractivity contribution is 6.05. The maximum Gasteiger partial charge on any atom is 0.344 e. The number of carbonyl (C=O) groups is 1. The second-order valence-electron chi connectivity index (χ2n) is 6.84. The number of aryl methyl sites for hydroxylation is 2. The number of rotatable bonds is 3. The number of fused-ring (bicyclic) bond motifs is 1. The monoisotopic (exact) mass is 369 g/mol. The van der Waals surface area contributed by atoms with E-state index in [9.17, 15) is 9.59 Å². The molecule has 3 aromatic carbocycles. The first kappa shape index (κ1) is 17.7. The van der Waals surface area contributed by atoms with Crippen molar-refractivity contribution in [3.8, 4) is 11.1 Å². The van der Waals surface area contributed by atoms with Gasteiger partial charge in [-0.25, -0.2) is 4.79 Å². The molecule has 4 heteroatoms. The van der Waals surface area contributed by atoms with E-state index >= 15 is 0 Å². The van der Waals surface area contributed by atoms with Crippen LogP contribution in [-0.4, -0.2) is 5.91 Å². The third kappa shape index (κ3) is 3.45. The standard InChI is InChI=1S/C24H19NO3/c1-15-7-12-20(16(2)13-15)23(26)25-19-10-8-17(9-11-19)21-14-18-5-3-4-6-22(18)28-24(21)27/h3-14H,1-2H3,(H,25,26). The van der Waals surface area contributed by atoms with E-state index in [0.29, 0.717) is 22.4 Å². The Kier molecular flexibility index (Phi) is 4.53. The Morgan fingerprint density at radius 2 is 1.64 bits per heavy atom. The number of amides is 1. The molecule has 4 aromatic rings. The quantitative estimate of drug-likeness (QED) is 0.497. The molecule has 1 heterocycles. The van der Waals surface area contributed by atoms with Gasteiger partial charge in [-0.05, 0) is 55.3 Å². The van der Waals surface area contributed by atoms with Crippen molar-refractivity contribution in [3.63, 3.8) is 0 Å². The predicted octanol–water partition coefficient (Wildman–Crippen LogP) is 5.33. The average Bonchev–Trinajstić information content (AvgIpc) is 2.68. The topological polar surface area (TPSA) is 59.3 Å². The maximum absolute atomic E-state index is 12.5. The van der Waals surface area contributed by atoms with Crippen molar-refractivity contribution in [3.05, 3.63) is 99.9 Å². The molecule has 0 unspecified atom stereocenters. The Labute approximate surface area is 162 Å². The van der Waals surface area contributed by atoms with Crippen LogP contribution in [0.25, 0.3) is 22.1 Å². The van der Waals surface area contributed by atoms with E-state index in [2.05, 4.69) is 5.32 Å². The lowest BCUT2D eigenvalue weighted by atomic mass is 10.0. The van der Waals surface area contributed by atoms with Gasteiger partial charge in [0.05, 0.1) is 5.56 Å². The third-order valence-electron chi connectivity index (χ3n) is 4.72. The minimum absolute atomic E-state index is 0.157. The lowest BCUT2D eigenvalue weighted by molar-refractivity contribution is 0.102. The number of anilines is 1. The zero-order chi connectivity index (χ0) is 19.7. The first-order chi connectivity index (χ1) is 13.5. The van der Waals surface area contributed by atoms with E-state index in [1.165, 1.54) is 0 Å². The molecule has 4 nitrogen and oxygen atoms in total. The van der Waals surface area contributed by atoms with Crippen LogP contribution >= 0.6 is 0 Å². The Hall–Kier alpha value is -3.66. The molecule has 0 aliphatic heterocycles. The van der Waals surface area contributed by atoms with Crippen LogP contribution in [0.3, 0.4) is 0 Å². The molecule has 0 spiro atoms. The van der Waals surface area contributed by atoms with Gasteiger partial charge in [0.15, 0.2) is 0 Å². The van der Waals surface area contributed by atoms with E-state index < -0.39 is 0 Å². The Balaban J connectivity index is 1.60. The SMILES string of the molecule is Cc1ccc(C(=O)Nc2ccc(-c3cc4ccccc4oc3=O)cc2)c(C)c1. The molecule has 0 aliphatic carbocycles. The average molecular weight is 369 g/mol. The van der Waals surface area contributed by atoms with E-state index in [4.69, 9.17) is 4.42 Å². The second-order valence-corrected chi connectivity index (χ2v) is 6.84. The first-order valence-electron chi connectivity index (χ1n) is 9.03. The largest absolute Gasteiger partial charge is 0.422 e. The van der Waals surface area contributed by atoms with Gasteiger partial charge in [-0.3, -0.25) is 4.79 Å². The Bertz CT molecular complexity index is 1240. The fourth-order valence-corrected chi connectivity index (χ4v) is 3.26. The van der Waals surface area contributed by atoms with Gasteiger partial charge < -0.3 is 9.73 Å². The van der Waals surface area contributed by atoms with Crippen LogP contribution < -0.4 is 10.9 Å². The minimum Gasteiger partial charge on any atom is -0.422 e. The Morgan fingerprint density at radius 3 is 2.39 bits per heavy atom. The van der Waals surface area contributed by atoms with Gasteiger partial charge >= 0.3 is 5.63 Å². The summed E-state index contributed by atoms with van der Waals surface area (Å²) < 4.78 is 5.40. The molecule has 4 rings (SSSR count). The molecule has 1 aromatic heterocycles. The number of para-hydroxylation sites is 1. The van der Waals surface area contributed by atoms with E-state index in [1.54, 1.807) is 30.3 Å². The van der Waals surface area contributed by atoms with Crippen LogP contribution in [0.2, 0.25) is 0 Å². The maximum atomic E-state index is 12.5. The van der Waals surface area contributed by atoms with Crippen molar-refractivity contribution < 1.29 is 9.21 Å². The van der Waals surface area contributed by atoms with Crippen LogP contribution in [0.1, 0.15) is 21.5 Å². The fourth-order valence-electron chi connectivity index (χ4n) is 3.26. The Morgan fingerprint density at radius 1 is 0.893 bits per heavy atom. The molecule has 0 aliphatic rings. The molecule has 0 fully saturated rings. The molecule has 138 valence electrons. The molecule has 0 radical (unpaired) electrons. The van der Waals surface area contributed by atoms with Gasteiger partial charge in [0.25, 0.3) is 5.91 Å². The number of hydrogen-bond donors (Lipinski definition) is 1. The summed E-state index contributed by atoms with van der Waals surface area (Å²) in [6, 6.07) is 22.1. The van der Waals surface area contributed by atoms with Crippen LogP contribution in [0.5, 0.6) is 0 Å². The normalized spacial score (nSPS) is 10.8. The highest BCUT2D eigenvalue weighted by Crippen LogP contribution is 2.23. The zero-order valence-electron chi connectivity index (χ0n) is 15.7. The highest BCUT2D eigenvalue weighted by atomic mass is 16.4. The van der Waals surface area contributed by atoms with Gasteiger partial charge in [0.1, 0.15) is 5.58 Å². The van der Waals surface area contributed by atoms with Crippen molar-refractivity contribution >= 4 is 22.6 Å². The molecular formula is C24H19NO3. The van der Waals surface area contributed by atoms with E-state index in [-0.39, 0.29) is 11.5 Å². The minimum atomic E-state index is -0.384. The summed E-state index contributed by atoms with van der Waals surface area (Å²) >= 11 is 0. The molecule has 0 bridgehead atoms. The smallest absolute Gasteiger partial charge is 0.344 e. The molecule has 28 heavy (non-hydrogen) atoms. The van der Waals surface area contributed by atoms with Gasteiger partial charge in [0.2, 0.25) is 0 Å². The number of benzene rings is 3. The van der Waals surface area contributed by atoms with E-state index in [1.807, 2.05) is 56.3 Å². The first-order valence-corrected chi connectivity index (χ1v) is 9.03. The fraction of sp³-hybridized carbons (Fsp3) is 0.0833. The van der Waals surface area contributed by atoms with Gasteiger partial charge in [-0.15, -0.1) is 0 Å². The van der Waals surface area contributed by atoms with Crippen molar-refractivity contribution in [1.29, 1.82) is 0 Å². The molecule has 0 atom stereocenters. The molecule has 1 N–H and O–H groups in total. The van der Waals surface area contributed by atoms with Gasteiger partial charge in [-0.2, -0.15) is 0 Å². The lowest BCUT2D eigenvalue weighted by Gasteiger charge is -2.09. The molecular weight excluding hydrogens is 350 g/mol. The number of nitrogens with one attached hydrogen (secondary N) is 1. The lowest BCUT2D eigenvalue weighted by Crippen LogP contribution is -2.13. The molecule has 0 saturated heterocycles. The summed E-state index contributed by atoms with van der Waals surface area (Å²) in [6.07, 6.45) is 0. The van der Waals surface area contributed by atoms with Crippen LogP contribution in [0.4, 0.5) is 5.69 Å². The molecule has 0 saturated carbocycles. The summed E-state index contributed by atoms with van der Waals surface area (Å²) in [5.41, 5.74) is 4.77. The predicted molar refractivity (Wildman–Crippen MR) is 112 cm³/mol. The summed E-state index contributed by atoms with van der Waals surface area (Å²) in [5, 5.41) is 3.77. The molecule has 1 amide bonds. The van der Waals surface area contributed by atoms with Crippen molar-refractivity contribution in [2.45, 2.75) is 13.8 Å². The summed E-state index contributed by atoms with van der Waals surface area (Å²) in [4.78, 5) is 24.8. The highest BCUT2D eigenvalue weighted by Gasteiger charge is 2.11. The summed E-state index contributed by atoms with van der Waals surface area (Å²) in [5.74, 6) is -0.157. The van der Waals surface area contributed by atoms with E-state index in [0.717, 1.165) is 22.1 Å². The second kappa shape index (κ2) is 7.16. The van der Waals surface area contributed by atoms with Crippen LogP contribution in [0.15, 0.2) is 82.0 Å². The van der Waals surface area contributed by atoms with Crippen molar-refractivity contribution in [2.24, 2.45) is 0 Å². The zero-order valence-corrected chi connectivity index (χ0v) is 15.7. The van der Waals surface area contributed by atoms with Crippen LogP contribution in [-0.2, 0) is 0 Å². The van der Waals surface area contributed by atoms with Gasteiger partial charge in [-0.1, -0.05) is 48.0 Å². The summed E-state index contributed by atoms with van der Waals surface area (Å²) in [7, 11) is 0. The third-order valence-corrected chi connectivity index (χ3v) is 4.72. The van der Waals surface area contributed by atoms with Gasteiger partial charge in [0, 0.05) is 16.6 Å². The number of carbonyl (C=O) groups excluding carboxylic acids is 1. The van der Waals surface area contributed by atoms with Crippen LogP contribution in [0, 0.1) is 13.8 Å².